The van der Waals surface area contributed by atoms with Crippen LogP contribution in [0.1, 0.15) is 39.7 Å². The number of rotatable bonds is 5. The largest absolute Gasteiger partial charge is 0.486 e. The van der Waals surface area contributed by atoms with E-state index in [1.165, 1.54) is 5.56 Å². The van der Waals surface area contributed by atoms with E-state index < -0.39 is 0 Å². The molecule has 0 heterocycles. The van der Waals surface area contributed by atoms with E-state index in [2.05, 4.69) is 26.8 Å². The molecule has 0 aliphatic rings. The van der Waals surface area contributed by atoms with Gasteiger partial charge in [-0.05, 0) is 29.5 Å². The molecule has 0 saturated heterocycles. The zero-order valence-corrected chi connectivity index (χ0v) is 11.8. The molecule has 3 N–H and O–H groups in total. The Morgan fingerprint density at radius 2 is 2.00 bits per heavy atom. The number of benzene rings is 1. The van der Waals surface area contributed by atoms with Crippen molar-refractivity contribution >= 4 is 0 Å². The Kier molecular flexibility index (Phi) is 5.17. The maximum atomic E-state index is 9.31. The summed E-state index contributed by atoms with van der Waals surface area (Å²) < 4.78 is 5.78. The highest BCUT2D eigenvalue weighted by molar-refractivity contribution is 5.32. The van der Waals surface area contributed by atoms with Crippen LogP contribution < -0.4 is 10.5 Å². The Morgan fingerprint density at radius 1 is 1.33 bits per heavy atom. The first-order valence-corrected chi connectivity index (χ1v) is 6.52. The lowest BCUT2D eigenvalue weighted by Gasteiger charge is -2.24. The van der Waals surface area contributed by atoms with Crippen molar-refractivity contribution in [3.8, 4) is 5.75 Å². The van der Waals surface area contributed by atoms with Gasteiger partial charge in [-0.3, -0.25) is 0 Å². The molecule has 0 aliphatic carbocycles. The van der Waals surface area contributed by atoms with Crippen molar-refractivity contribution < 1.29 is 9.84 Å². The highest BCUT2D eigenvalue weighted by Crippen LogP contribution is 2.26. The monoisotopic (exact) mass is 251 g/mol. The van der Waals surface area contributed by atoms with Crippen molar-refractivity contribution in [3.05, 3.63) is 29.8 Å². The Balaban J connectivity index is 2.84. The minimum Gasteiger partial charge on any atom is -0.486 e. The molecule has 0 saturated carbocycles. The maximum Gasteiger partial charge on any atom is 0.137 e. The van der Waals surface area contributed by atoms with Crippen molar-refractivity contribution in [3.63, 3.8) is 0 Å². The molecule has 2 unspecified atom stereocenters. The Bertz CT molecular complexity index is 371. The van der Waals surface area contributed by atoms with E-state index in [0.717, 1.165) is 12.2 Å². The van der Waals surface area contributed by atoms with Crippen LogP contribution in [0.3, 0.4) is 0 Å². The van der Waals surface area contributed by atoms with Crippen molar-refractivity contribution in [2.24, 2.45) is 5.73 Å². The number of ether oxygens (including phenoxy) is 1. The summed E-state index contributed by atoms with van der Waals surface area (Å²) in [5.74, 6) is 0.769. The molecule has 0 amide bonds. The first-order chi connectivity index (χ1) is 8.38. The summed E-state index contributed by atoms with van der Waals surface area (Å²) in [5.41, 5.74) is 7.21. The van der Waals surface area contributed by atoms with Crippen molar-refractivity contribution in [2.75, 3.05) is 6.61 Å². The second kappa shape index (κ2) is 6.21. The van der Waals surface area contributed by atoms with Crippen LogP contribution in [-0.4, -0.2) is 23.9 Å². The van der Waals surface area contributed by atoms with Gasteiger partial charge in [-0.1, -0.05) is 39.8 Å². The van der Waals surface area contributed by atoms with Gasteiger partial charge in [-0.15, -0.1) is 0 Å². The topological polar surface area (TPSA) is 55.5 Å². The lowest BCUT2D eigenvalue weighted by Crippen LogP contribution is -2.41. The lowest BCUT2D eigenvalue weighted by molar-refractivity contribution is 0.0931. The molecule has 3 heteroatoms. The number of aliphatic hydroxyl groups excluding tert-OH is 1. The van der Waals surface area contributed by atoms with Crippen LogP contribution in [0.4, 0.5) is 0 Å². The fraction of sp³-hybridized carbons (Fsp3) is 0.600. The molecule has 0 aliphatic heterocycles. The number of hydrogen-bond donors (Lipinski definition) is 2. The molecule has 18 heavy (non-hydrogen) atoms. The molecular formula is C15H25NO2. The zero-order valence-electron chi connectivity index (χ0n) is 11.8. The van der Waals surface area contributed by atoms with Crippen LogP contribution >= 0.6 is 0 Å². The third-order valence-electron chi connectivity index (χ3n) is 3.12. The summed E-state index contributed by atoms with van der Waals surface area (Å²) in [6.07, 6.45) is 0.440. The molecule has 0 aromatic heterocycles. The minimum absolute atomic E-state index is 0.0608. The fourth-order valence-electron chi connectivity index (χ4n) is 1.73. The van der Waals surface area contributed by atoms with E-state index in [4.69, 9.17) is 10.5 Å². The van der Waals surface area contributed by atoms with Gasteiger partial charge < -0.3 is 15.6 Å². The van der Waals surface area contributed by atoms with Gasteiger partial charge >= 0.3 is 0 Å². The summed E-state index contributed by atoms with van der Waals surface area (Å²) in [6.45, 7) is 8.41. The van der Waals surface area contributed by atoms with Gasteiger partial charge in [0.15, 0.2) is 0 Å². The second-order valence-electron chi connectivity index (χ2n) is 5.69. The standard InChI is InChI=1S/C15H25NO2/c1-5-13(16)14(10-17)18-12-8-6-7-11(9-12)15(2,3)4/h6-9,13-14,17H,5,10,16H2,1-4H3. The van der Waals surface area contributed by atoms with Crippen LogP contribution in [0.5, 0.6) is 5.75 Å². The van der Waals surface area contributed by atoms with Gasteiger partial charge in [0.2, 0.25) is 0 Å². The fourth-order valence-corrected chi connectivity index (χ4v) is 1.73. The summed E-state index contributed by atoms with van der Waals surface area (Å²) in [7, 11) is 0. The van der Waals surface area contributed by atoms with E-state index >= 15 is 0 Å². The second-order valence-corrected chi connectivity index (χ2v) is 5.69. The molecule has 3 nitrogen and oxygen atoms in total. The molecule has 0 spiro atoms. The predicted octanol–water partition coefficient (Wildman–Crippen LogP) is 2.46. The van der Waals surface area contributed by atoms with Crippen molar-refractivity contribution in [1.82, 2.24) is 0 Å². The first-order valence-electron chi connectivity index (χ1n) is 6.52. The van der Waals surface area contributed by atoms with E-state index in [1.54, 1.807) is 0 Å². The predicted molar refractivity (Wildman–Crippen MR) is 74.9 cm³/mol. The number of aliphatic hydroxyl groups is 1. The highest BCUT2D eigenvalue weighted by Gasteiger charge is 2.19. The Hall–Kier alpha value is -1.06. The highest BCUT2D eigenvalue weighted by atomic mass is 16.5. The van der Waals surface area contributed by atoms with Crippen molar-refractivity contribution in [1.29, 1.82) is 0 Å². The SMILES string of the molecule is CCC(N)C(CO)Oc1cccc(C(C)(C)C)c1. The Labute approximate surface area is 110 Å². The summed E-state index contributed by atoms with van der Waals surface area (Å²) >= 11 is 0. The van der Waals surface area contributed by atoms with E-state index in [1.807, 2.05) is 25.1 Å². The quantitative estimate of drug-likeness (QED) is 0.845. The molecule has 0 fully saturated rings. The van der Waals surface area contributed by atoms with Crippen molar-refractivity contribution in [2.45, 2.75) is 51.7 Å². The third-order valence-corrected chi connectivity index (χ3v) is 3.12. The average Bonchev–Trinajstić information content (AvgIpc) is 2.34. The normalized spacial score (nSPS) is 15.2. The molecular weight excluding hydrogens is 226 g/mol. The smallest absolute Gasteiger partial charge is 0.137 e. The summed E-state index contributed by atoms with van der Waals surface area (Å²) in [4.78, 5) is 0. The van der Waals surface area contributed by atoms with Gasteiger partial charge in [0.1, 0.15) is 11.9 Å². The molecule has 1 aromatic carbocycles. The minimum atomic E-state index is -0.342. The van der Waals surface area contributed by atoms with Gasteiger partial charge in [0, 0.05) is 6.04 Å². The lowest BCUT2D eigenvalue weighted by atomic mass is 9.87. The van der Waals surface area contributed by atoms with Crippen LogP contribution in [-0.2, 0) is 5.41 Å². The number of hydrogen-bond acceptors (Lipinski definition) is 3. The first kappa shape index (κ1) is 15.0. The van der Waals surface area contributed by atoms with E-state index in [9.17, 15) is 5.11 Å². The molecule has 2 atom stereocenters. The van der Waals surface area contributed by atoms with Gasteiger partial charge in [-0.25, -0.2) is 0 Å². The van der Waals surface area contributed by atoms with Gasteiger partial charge in [-0.2, -0.15) is 0 Å². The average molecular weight is 251 g/mol. The summed E-state index contributed by atoms with van der Waals surface area (Å²) in [6, 6.07) is 7.83. The van der Waals surface area contributed by atoms with Crippen LogP contribution in [0.15, 0.2) is 24.3 Å². The van der Waals surface area contributed by atoms with E-state index in [-0.39, 0.29) is 24.2 Å². The van der Waals surface area contributed by atoms with Crippen LogP contribution in [0.2, 0.25) is 0 Å². The molecule has 1 rings (SSSR count). The van der Waals surface area contributed by atoms with Gasteiger partial charge in [0.05, 0.1) is 6.61 Å². The van der Waals surface area contributed by atoms with Gasteiger partial charge in [0.25, 0.3) is 0 Å². The maximum absolute atomic E-state index is 9.31. The van der Waals surface area contributed by atoms with Crippen LogP contribution in [0.25, 0.3) is 0 Å². The summed E-state index contributed by atoms with van der Waals surface area (Å²) in [5, 5.41) is 9.31. The number of nitrogens with two attached hydrogens (primary N) is 1. The molecule has 0 radical (unpaired) electrons. The molecule has 1 aromatic rings. The third kappa shape index (κ3) is 4.00. The van der Waals surface area contributed by atoms with Crippen LogP contribution in [0, 0.1) is 0 Å². The van der Waals surface area contributed by atoms with E-state index in [0.29, 0.717) is 0 Å². The molecule has 102 valence electrons. The Morgan fingerprint density at radius 3 is 2.50 bits per heavy atom. The zero-order chi connectivity index (χ0) is 13.8. The molecule has 0 bridgehead atoms.